The minimum absolute atomic E-state index is 0.0434. The molecular weight excluding hydrogens is 238 g/mol. The zero-order chi connectivity index (χ0) is 14.3. The molecule has 0 bridgehead atoms. The first-order chi connectivity index (χ1) is 8.33. The third kappa shape index (κ3) is 5.33. The summed E-state index contributed by atoms with van der Waals surface area (Å²) in [5.41, 5.74) is 0. The zero-order valence-electron chi connectivity index (χ0n) is 11.4. The van der Waals surface area contributed by atoms with E-state index in [9.17, 15) is 9.59 Å². The van der Waals surface area contributed by atoms with Gasteiger partial charge in [0.05, 0.1) is 6.61 Å². The van der Waals surface area contributed by atoms with Crippen molar-refractivity contribution in [3.63, 3.8) is 0 Å². The zero-order valence-corrected chi connectivity index (χ0v) is 11.4. The van der Waals surface area contributed by atoms with Crippen LogP contribution in [0.3, 0.4) is 0 Å². The molecule has 106 valence electrons. The van der Waals surface area contributed by atoms with Gasteiger partial charge in [-0.3, -0.25) is 0 Å². The van der Waals surface area contributed by atoms with E-state index in [1.807, 2.05) is 32.8 Å². The van der Waals surface area contributed by atoms with E-state index in [0.717, 1.165) is 0 Å². The van der Waals surface area contributed by atoms with Crippen LogP contribution in [-0.2, 0) is 4.79 Å². The molecule has 0 aliphatic heterocycles. The van der Waals surface area contributed by atoms with Crippen LogP contribution in [-0.4, -0.2) is 77.9 Å². The van der Waals surface area contributed by atoms with Crippen molar-refractivity contribution in [2.45, 2.75) is 25.9 Å². The van der Waals surface area contributed by atoms with Gasteiger partial charge in [0.1, 0.15) is 0 Å². The van der Waals surface area contributed by atoms with E-state index in [1.165, 1.54) is 4.90 Å². The predicted molar refractivity (Wildman–Crippen MR) is 67.4 cm³/mol. The van der Waals surface area contributed by atoms with E-state index in [2.05, 4.69) is 5.32 Å². The van der Waals surface area contributed by atoms with Crippen LogP contribution in [0.2, 0.25) is 0 Å². The van der Waals surface area contributed by atoms with Gasteiger partial charge in [-0.1, -0.05) is 0 Å². The summed E-state index contributed by atoms with van der Waals surface area (Å²) in [6.07, 6.45) is 0. The number of aliphatic carboxylic acids is 1. The number of carbonyl (C=O) groups is 2. The van der Waals surface area contributed by atoms with E-state index in [-0.39, 0.29) is 6.04 Å². The SMILES string of the molecule is CCN(C(=O)N[C@H](CO)C(=O)O)C(C)CN(C)C. The lowest BCUT2D eigenvalue weighted by molar-refractivity contribution is -0.140. The summed E-state index contributed by atoms with van der Waals surface area (Å²) in [4.78, 5) is 26.1. The maximum absolute atomic E-state index is 11.9. The highest BCUT2D eigenvalue weighted by Crippen LogP contribution is 2.01. The van der Waals surface area contributed by atoms with Gasteiger partial charge < -0.3 is 25.3 Å². The van der Waals surface area contributed by atoms with Crippen LogP contribution in [0.15, 0.2) is 0 Å². The van der Waals surface area contributed by atoms with Gasteiger partial charge in [0, 0.05) is 19.1 Å². The van der Waals surface area contributed by atoms with E-state index in [0.29, 0.717) is 13.1 Å². The first kappa shape index (κ1) is 16.7. The van der Waals surface area contributed by atoms with Gasteiger partial charge in [-0.2, -0.15) is 0 Å². The van der Waals surface area contributed by atoms with Gasteiger partial charge in [0.15, 0.2) is 6.04 Å². The fourth-order valence-electron chi connectivity index (χ4n) is 1.70. The molecule has 0 spiro atoms. The number of carboxylic acids is 1. The Morgan fingerprint density at radius 1 is 1.33 bits per heavy atom. The summed E-state index contributed by atoms with van der Waals surface area (Å²) in [6, 6.07) is -1.79. The average molecular weight is 261 g/mol. The molecule has 7 heteroatoms. The molecule has 7 nitrogen and oxygen atoms in total. The molecule has 0 aliphatic rings. The largest absolute Gasteiger partial charge is 0.480 e. The number of hydrogen-bond donors (Lipinski definition) is 3. The molecule has 0 heterocycles. The maximum atomic E-state index is 11.9. The summed E-state index contributed by atoms with van der Waals surface area (Å²) in [6.45, 7) is 4.23. The highest BCUT2D eigenvalue weighted by molar-refractivity contribution is 5.82. The minimum Gasteiger partial charge on any atom is -0.480 e. The molecule has 18 heavy (non-hydrogen) atoms. The molecule has 0 aromatic heterocycles. The Morgan fingerprint density at radius 3 is 2.22 bits per heavy atom. The number of rotatable bonds is 7. The molecule has 2 amide bonds. The fourth-order valence-corrected chi connectivity index (χ4v) is 1.70. The molecule has 0 saturated heterocycles. The molecule has 2 atom stereocenters. The van der Waals surface area contributed by atoms with Crippen molar-refractivity contribution >= 4 is 12.0 Å². The van der Waals surface area contributed by atoms with Gasteiger partial charge in [0.25, 0.3) is 0 Å². The third-order valence-corrected chi connectivity index (χ3v) is 2.54. The van der Waals surface area contributed by atoms with Crippen molar-refractivity contribution in [3.8, 4) is 0 Å². The minimum atomic E-state index is -1.27. The fraction of sp³-hybridized carbons (Fsp3) is 0.818. The molecule has 0 saturated carbocycles. The number of hydrogen-bond acceptors (Lipinski definition) is 4. The quantitative estimate of drug-likeness (QED) is 0.570. The number of carboxylic acid groups (broad SMARTS) is 1. The van der Waals surface area contributed by atoms with Crippen LogP contribution in [0, 0.1) is 0 Å². The van der Waals surface area contributed by atoms with Crippen molar-refractivity contribution < 1.29 is 19.8 Å². The van der Waals surface area contributed by atoms with Crippen LogP contribution < -0.4 is 5.32 Å². The standard InChI is InChI=1S/C11H23N3O4/c1-5-14(8(2)6-13(3)4)11(18)12-9(7-15)10(16)17/h8-9,15H,5-7H2,1-4H3,(H,12,18)(H,16,17)/t8?,9-/m1/s1. The molecule has 0 aromatic carbocycles. The van der Waals surface area contributed by atoms with Crippen LogP contribution in [0.25, 0.3) is 0 Å². The van der Waals surface area contributed by atoms with Gasteiger partial charge in [0.2, 0.25) is 0 Å². The van der Waals surface area contributed by atoms with Crippen molar-refractivity contribution in [1.29, 1.82) is 0 Å². The van der Waals surface area contributed by atoms with Crippen molar-refractivity contribution in [2.24, 2.45) is 0 Å². The van der Waals surface area contributed by atoms with Crippen LogP contribution in [0.5, 0.6) is 0 Å². The first-order valence-electron chi connectivity index (χ1n) is 5.89. The molecule has 0 rings (SSSR count). The summed E-state index contributed by atoms with van der Waals surface area (Å²) < 4.78 is 0. The number of nitrogens with zero attached hydrogens (tertiary/aromatic N) is 2. The lowest BCUT2D eigenvalue weighted by Gasteiger charge is -2.31. The molecule has 1 unspecified atom stereocenters. The van der Waals surface area contributed by atoms with Gasteiger partial charge >= 0.3 is 12.0 Å². The normalized spacial score (nSPS) is 14.1. The Labute approximate surface area is 107 Å². The third-order valence-electron chi connectivity index (χ3n) is 2.54. The summed E-state index contributed by atoms with van der Waals surface area (Å²) in [5.74, 6) is -1.25. The molecular formula is C11H23N3O4. The maximum Gasteiger partial charge on any atom is 0.328 e. The second-order valence-electron chi connectivity index (χ2n) is 4.42. The number of nitrogens with one attached hydrogen (secondary N) is 1. The van der Waals surface area contributed by atoms with Crippen molar-refractivity contribution in [3.05, 3.63) is 0 Å². The monoisotopic (exact) mass is 261 g/mol. The topological polar surface area (TPSA) is 93.1 Å². The number of urea groups is 1. The molecule has 0 aromatic rings. The molecule has 0 aliphatic carbocycles. The van der Waals surface area contributed by atoms with Gasteiger partial charge in [-0.15, -0.1) is 0 Å². The summed E-state index contributed by atoms with van der Waals surface area (Å²) >= 11 is 0. The molecule has 0 fully saturated rings. The van der Waals surface area contributed by atoms with Gasteiger partial charge in [-0.25, -0.2) is 9.59 Å². The Morgan fingerprint density at radius 2 is 1.89 bits per heavy atom. The second kappa shape index (κ2) is 7.88. The lowest BCUT2D eigenvalue weighted by atomic mass is 10.2. The van der Waals surface area contributed by atoms with E-state index in [1.54, 1.807) is 0 Å². The van der Waals surface area contributed by atoms with E-state index in [4.69, 9.17) is 10.2 Å². The Bertz CT molecular complexity index is 283. The number of aliphatic hydroxyl groups is 1. The summed E-state index contributed by atoms with van der Waals surface area (Å²) in [7, 11) is 3.80. The summed E-state index contributed by atoms with van der Waals surface area (Å²) in [5, 5.41) is 19.9. The molecule has 3 N–H and O–H groups in total. The van der Waals surface area contributed by atoms with Gasteiger partial charge in [-0.05, 0) is 27.9 Å². The lowest BCUT2D eigenvalue weighted by Crippen LogP contribution is -2.53. The van der Waals surface area contributed by atoms with Crippen LogP contribution in [0.4, 0.5) is 4.79 Å². The van der Waals surface area contributed by atoms with Crippen molar-refractivity contribution in [2.75, 3.05) is 33.8 Å². The van der Waals surface area contributed by atoms with E-state index >= 15 is 0 Å². The number of amides is 2. The van der Waals surface area contributed by atoms with Crippen LogP contribution in [0.1, 0.15) is 13.8 Å². The van der Waals surface area contributed by atoms with Crippen molar-refractivity contribution in [1.82, 2.24) is 15.1 Å². The second-order valence-corrected chi connectivity index (χ2v) is 4.42. The number of carbonyl (C=O) groups excluding carboxylic acids is 1. The number of likely N-dealkylation sites (N-methyl/N-ethyl adjacent to an activating group) is 2. The Balaban J connectivity index is 4.55. The highest BCUT2D eigenvalue weighted by atomic mass is 16.4. The van der Waals surface area contributed by atoms with E-state index < -0.39 is 24.6 Å². The predicted octanol–water partition coefficient (Wildman–Crippen LogP) is -0.586. The van der Waals surface area contributed by atoms with Crippen LogP contribution >= 0.6 is 0 Å². The smallest absolute Gasteiger partial charge is 0.328 e. The Kier molecular flexibility index (Phi) is 7.30. The highest BCUT2D eigenvalue weighted by Gasteiger charge is 2.24. The average Bonchev–Trinajstić information content (AvgIpc) is 2.25. The number of aliphatic hydroxyl groups excluding tert-OH is 1. The Hall–Kier alpha value is -1.34. The molecule has 0 radical (unpaired) electrons. The first-order valence-corrected chi connectivity index (χ1v) is 5.89.